The summed E-state index contributed by atoms with van der Waals surface area (Å²) in [6.07, 6.45) is 2.22. The van der Waals surface area contributed by atoms with Crippen LogP contribution < -0.4 is 5.32 Å². The highest BCUT2D eigenvalue weighted by atomic mass is 35.5. The highest BCUT2D eigenvalue weighted by molar-refractivity contribution is 7.09. The maximum absolute atomic E-state index is 6.23. The molecule has 0 aliphatic rings. The van der Waals surface area contributed by atoms with Crippen LogP contribution in [0.15, 0.2) is 35.7 Å². The number of halogens is 1. The van der Waals surface area contributed by atoms with E-state index in [4.69, 9.17) is 11.6 Å². The van der Waals surface area contributed by atoms with E-state index in [9.17, 15) is 0 Å². The fraction of sp³-hybridized carbons (Fsp3) is 0.375. The Balaban J connectivity index is 2.07. The van der Waals surface area contributed by atoms with Gasteiger partial charge >= 0.3 is 0 Å². The van der Waals surface area contributed by atoms with Gasteiger partial charge in [-0.3, -0.25) is 0 Å². The molecule has 2 aromatic rings. The van der Waals surface area contributed by atoms with Gasteiger partial charge in [0.15, 0.2) is 0 Å². The molecule has 0 fully saturated rings. The summed E-state index contributed by atoms with van der Waals surface area (Å²) in [5, 5.41) is 6.55. The topological polar surface area (TPSA) is 12.0 Å². The molecule has 1 nitrogen and oxygen atoms in total. The van der Waals surface area contributed by atoms with Gasteiger partial charge in [0.25, 0.3) is 0 Å². The normalized spacial score (nSPS) is 12.6. The van der Waals surface area contributed by atoms with Gasteiger partial charge in [-0.25, -0.2) is 0 Å². The van der Waals surface area contributed by atoms with Gasteiger partial charge in [0.2, 0.25) is 0 Å². The summed E-state index contributed by atoms with van der Waals surface area (Å²) in [4.78, 5) is 1.45. The zero-order chi connectivity index (χ0) is 13.7. The molecular weight excluding hydrogens is 274 g/mol. The first-order chi connectivity index (χ1) is 9.20. The van der Waals surface area contributed by atoms with E-state index in [0.717, 1.165) is 30.0 Å². The summed E-state index contributed by atoms with van der Waals surface area (Å²) < 4.78 is 0. The van der Waals surface area contributed by atoms with Gasteiger partial charge in [-0.05, 0) is 54.9 Å². The second-order valence-corrected chi connectivity index (χ2v) is 6.18. The lowest BCUT2D eigenvalue weighted by atomic mass is 10.0. The van der Waals surface area contributed by atoms with Crippen LogP contribution in [0.4, 0.5) is 0 Å². The van der Waals surface area contributed by atoms with Gasteiger partial charge in [0, 0.05) is 15.9 Å². The molecular formula is C16H20ClNS. The zero-order valence-corrected chi connectivity index (χ0v) is 13.0. The van der Waals surface area contributed by atoms with Crippen molar-refractivity contribution in [2.75, 3.05) is 6.54 Å². The molecule has 1 heterocycles. The van der Waals surface area contributed by atoms with E-state index in [-0.39, 0.29) is 0 Å². The number of thiophene rings is 1. The third-order valence-corrected chi connectivity index (χ3v) is 4.65. The largest absolute Gasteiger partial charge is 0.310 e. The van der Waals surface area contributed by atoms with Crippen molar-refractivity contribution in [3.8, 4) is 0 Å². The molecule has 0 bridgehead atoms. The lowest BCUT2D eigenvalue weighted by Gasteiger charge is -2.18. The summed E-state index contributed by atoms with van der Waals surface area (Å²) in [7, 11) is 0. The summed E-state index contributed by atoms with van der Waals surface area (Å²) in [5.74, 6) is 0. The number of rotatable bonds is 6. The predicted molar refractivity (Wildman–Crippen MR) is 85.2 cm³/mol. The second-order valence-electron chi connectivity index (χ2n) is 4.74. The van der Waals surface area contributed by atoms with Crippen LogP contribution in [0.2, 0.25) is 5.02 Å². The van der Waals surface area contributed by atoms with Crippen molar-refractivity contribution in [1.82, 2.24) is 5.32 Å². The first-order valence-electron chi connectivity index (χ1n) is 6.72. The van der Waals surface area contributed by atoms with E-state index in [1.165, 1.54) is 10.4 Å². The van der Waals surface area contributed by atoms with Crippen LogP contribution in [0.3, 0.4) is 0 Å². The monoisotopic (exact) mass is 293 g/mol. The van der Waals surface area contributed by atoms with Crippen molar-refractivity contribution in [3.63, 3.8) is 0 Å². The van der Waals surface area contributed by atoms with Crippen molar-refractivity contribution >= 4 is 22.9 Å². The molecule has 1 aromatic heterocycles. The average Bonchev–Trinajstić information content (AvgIpc) is 2.91. The van der Waals surface area contributed by atoms with Gasteiger partial charge < -0.3 is 5.32 Å². The molecule has 1 unspecified atom stereocenters. The molecule has 0 saturated carbocycles. The van der Waals surface area contributed by atoms with Gasteiger partial charge in [-0.1, -0.05) is 36.7 Å². The highest BCUT2D eigenvalue weighted by Gasteiger charge is 2.11. The Kier molecular flexibility index (Phi) is 5.44. The van der Waals surface area contributed by atoms with Crippen LogP contribution in [0, 0.1) is 6.92 Å². The smallest absolute Gasteiger partial charge is 0.0438 e. The summed E-state index contributed by atoms with van der Waals surface area (Å²) in [6.45, 7) is 5.16. The van der Waals surface area contributed by atoms with Crippen LogP contribution >= 0.6 is 22.9 Å². The number of aryl methyl sites for hydroxylation is 2. The number of benzene rings is 1. The van der Waals surface area contributed by atoms with Gasteiger partial charge in [-0.2, -0.15) is 0 Å². The quantitative estimate of drug-likeness (QED) is 0.791. The first-order valence-corrected chi connectivity index (χ1v) is 7.98. The molecule has 0 radical (unpaired) electrons. The third kappa shape index (κ3) is 4.07. The Labute approximate surface area is 124 Å². The minimum atomic E-state index is 0.380. The molecule has 102 valence electrons. The lowest BCUT2D eigenvalue weighted by Crippen LogP contribution is -2.21. The molecule has 3 heteroatoms. The molecule has 19 heavy (non-hydrogen) atoms. The fourth-order valence-electron chi connectivity index (χ4n) is 2.20. The van der Waals surface area contributed by atoms with E-state index >= 15 is 0 Å². The molecule has 0 aliphatic carbocycles. The lowest BCUT2D eigenvalue weighted by molar-refractivity contribution is 0.517. The second kappa shape index (κ2) is 7.09. The molecule has 0 spiro atoms. The van der Waals surface area contributed by atoms with Crippen LogP contribution in [0.5, 0.6) is 0 Å². The molecule has 1 aromatic carbocycles. The first kappa shape index (κ1) is 14.6. The number of nitrogens with one attached hydrogen (secondary N) is 1. The molecule has 0 saturated heterocycles. The van der Waals surface area contributed by atoms with Gasteiger partial charge in [0.05, 0.1) is 0 Å². The Morgan fingerprint density at radius 1 is 1.32 bits per heavy atom. The SMILES string of the molecule is CCNC(CCc1cccs1)c1ccc(C)c(Cl)c1. The van der Waals surface area contributed by atoms with Gasteiger partial charge in [0.1, 0.15) is 0 Å². The minimum Gasteiger partial charge on any atom is -0.310 e. The maximum atomic E-state index is 6.23. The molecule has 1 atom stereocenters. The molecule has 1 N–H and O–H groups in total. The Hall–Kier alpha value is -0.830. The van der Waals surface area contributed by atoms with Crippen molar-refractivity contribution in [3.05, 3.63) is 56.7 Å². The Bertz CT molecular complexity index is 507. The summed E-state index contributed by atoms with van der Waals surface area (Å²) in [5.41, 5.74) is 2.42. The van der Waals surface area contributed by atoms with Gasteiger partial charge in [-0.15, -0.1) is 11.3 Å². The van der Waals surface area contributed by atoms with Crippen molar-refractivity contribution in [2.24, 2.45) is 0 Å². The van der Waals surface area contributed by atoms with Crippen LogP contribution in [0.25, 0.3) is 0 Å². The average molecular weight is 294 g/mol. The standard InChI is InChI=1S/C16H20ClNS/c1-3-18-16(9-8-14-5-4-10-19-14)13-7-6-12(2)15(17)11-13/h4-7,10-11,16,18H,3,8-9H2,1-2H3. The summed E-state index contributed by atoms with van der Waals surface area (Å²) in [6, 6.07) is 11.1. The number of hydrogen-bond donors (Lipinski definition) is 1. The summed E-state index contributed by atoms with van der Waals surface area (Å²) >= 11 is 8.06. The Morgan fingerprint density at radius 2 is 2.16 bits per heavy atom. The Morgan fingerprint density at radius 3 is 2.79 bits per heavy atom. The molecule has 0 amide bonds. The van der Waals surface area contributed by atoms with Crippen molar-refractivity contribution < 1.29 is 0 Å². The van der Waals surface area contributed by atoms with Crippen molar-refractivity contribution in [1.29, 1.82) is 0 Å². The van der Waals surface area contributed by atoms with E-state index in [1.807, 2.05) is 18.3 Å². The highest BCUT2D eigenvalue weighted by Crippen LogP contribution is 2.25. The van der Waals surface area contributed by atoms with E-state index in [2.05, 4.69) is 48.0 Å². The van der Waals surface area contributed by atoms with Crippen LogP contribution in [-0.2, 0) is 6.42 Å². The maximum Gasteiger partial charge on any atom is 0.0438 e. The third-order valence-electron chi connectivity index (χ3n) is 3.31. The van der Waals surface area contributed by atoms with E-state index in [1.54, 1.807) is 0 Å². The molecule has 2 rings (SSSR count). The zero-order valence-electron chi connectivity index (χ0n) is 11.4. The van der Waals surface area contributed by atoms with Crippen LogP contribution in [-0.4, -0.2) is 6.54 Å². The fourth-order valence-corrected chi connectivity index (χ4v) is 3.11. The number of hydrogen-bond acceptors (Lipinski definition) is 2. The molecule has 0 aliphatic heterocycles. The predicted octanol–water partition coefficient (Wildman–Crippen LogP) is 4.99. The van der Waals surface area contributed by atoms with E-state index < -0.39 is 0 Å². The minimum absolute atomic E-state index is 0.380. The van der Waals surface area contributed by atoms with Crippen molar-refractivity contribution in [2.45, 2.75) is 32.7 Å². The van der Waals surface area contributed by atoms with E-state index in [0.29, 0.717) is 6.04 Å². The van der Waals surface area contributed by atoms with Crippen LogP contribution in [0.1, 0.15) is 35.4 Å².